The van der Waals surface area contributed by atoms with Crippen molar-refractivity contribution in [3.05, 3.63) is 18.0 Å². The van der Waals surface area contributed by atoms with Crippen LogP contribution in [0.2, 0.25) is 0 Å². The number of aryl methyl sites for hydroxylation is 1. The average molecular weight is 300 g/mol. The molecule has 1 N–H and O–H groups in total. The second-order valence-electron chi connectivity index (χ2n) is 4.65. The van der Waals surface area contributed by atoms with E-state index in [1.54, 1.807) is 16.9 Å². The first-order valence-electron chi connectivity index (χ1n) is 6.09. The molecule has 0 saturated heterocycles. The molecule has 1 saturated carbocycles. The molecule has 1 aliphatic carbocycles. The normalized spacial score (nSPS) is 24.6. The molecule has 94 valence electrons. The van der Waals surface area contributed by atoms with E-state index in [0.29, 0.717) is 16.4 Å². The minimum atomic E-state index is -0.0733. The Balaban J connectivity index is 1.83. The number of hydrogen-bond donors (Lipinski definition) is 1. The number of nitrogens with one attached hydrogen (secondary N) is 1. The summed E-state index contributed by atoms with van der Waals surface area (Å²) in [6.45, 7) is 0.741. The van der Waals surface area contributed by atoms with Crippen molar-refractivity contribution in [3.63, 3.8) is 0 Å². The van der Waals surface area contributed by atoms with Crippen LogP contribution in [0.4, 0.5) is 0 Å². The van der Waals surface area contributed by atoms with Crippen molar-refractivity contribution in [3.8, 4) is 0 Å². The molecule has 2 unspecified atom stereocenters. The molecule has 1 aromatic rings. The summed E-state index contributed by atoms with van der Waals surface area (Å²) in [5, 5.41) is 7.05. The van der Waals surface area contributed by atoms with Crippen LogP contribution in [0.25, 0.3) is 0 Å². The predicted octanol–water partition coefficient (Wildman–Crippen LogP) is 2.10. The van der Waals surface area contributed by atoms with Crippen molar-refractivity contribution < 1.29 is 4.79 Å². The fourth-order valence-electron chi connectivity index (χ4n) is 2.24. The number of hydrogen-bond acceptors (Lipinski definition) is 2. The Hall–Kier alpha value is -0.840. The van der Waals surface area contributed by atoms with Gasteiger partial charge in [0.1, 0.15) is 5.69 Å². The van der Waals surface area contributed by atoms with Crippen LogP contribution in [-0.4, -0.2) is 27.1 Å². The SMILES string of the molecule is Cn1ccc(C(=O)NCC2CCCCC2Br)n1. The first kappa shape index (κ1) is 12.6. The molecule has 5 heteroatoms. The highest BCUT2D eigenvalue weighted by Crippen LogP contribution is 2.29. The van der Waals surface area contributed by atoms with E-state index in [-0.39, 0.29) is 5.91 Å². The Morgan fingerprint density at radius 1 is 1.59 bits per heavy atom. The van der Waals surface area contributed by atoms with E-state index in [4.69, 9.17) is 0 Å². The van der Waals surface area contributed by atoms with Gasteiger partial charge >= 0.3 is 0 Å². The van der Waals surface area contributed by atoms with Crippen LogP contribution in [0.15, 0.2) is 12.3 Å². The van der Waals surface area contributed by atoms with E-state index >= 15 is 0 Å². The third kappa shape index (κ3) is 3.31. The van der Waals surface area contributed by atoms with E-state index in [1.165, 1.54) is 25.7 Å². The maximum atomic E-state index is 11.8. The third-order valence-corrected chi connectivity index (χ3v) is 4.49. The van der Waals surface area contributed by atoms with Crippen LogP contribution in [0.3, 0.4) is 0 Å². The lowest BCUT2D eigenvalue weighted by atomic mass is 9.89. The monoisotopic (exact) mass is 299 g/mol. The Morgan fingerprint density at radius 3 is 3.00 bits per heavy atom. The summed E-state index contributed by atoms with van der Waals surface area (Å²) in [6.07, 6.45) is 6.75. The van der Waals surface area contributed by atoms with Gasteiger partial charge in [-0.2, -0.15) is 5.10 Å². The highest BCUT2D eigenvalue weighted by atomic mass is 79.9. The number of nitrogens with zero attached hydrogens (tertiary/aromatic N) is 2. The fourth-order valence-corrected chi connectivity index (χ4v) is 3.02. The van der Waals surface area contributed by atoms with E-state index in [0.717, 1.165) is 6.54 Å². The number of alkyl halides is 1. The van der Waals surface area contributed by atoms with Gasteiger partial charge in [0.2, 0.25) is 0 Å². The van der Waals surface area contributed by atoms with Gasteiger partial charge in [0.25, 0.3) is 5.91 Å². The molecule has 1 amide bonds. The summed E-state index contributed by atoms with van der Waals surface area (Å²) in [5.41, 5.74) is 0.495. The van der Waals surface area contributed by atoms with E-state index in [1.807, 2.05) is 7.05 Å². The third-order valence-electron chi connectivity index (χ3n) is 3.29. The smallest absolute Gasteiger partial charge is 0.271 e. The fraction of sp³-hybridized carbons (Fsp3) is 0.667. The van der Waals surface area contributed by atoms with Gasteiger partial charge in [0.05, 0.1) is 0 Å². The molecule has 1 heterocycles. The quantitative estimate of drug-likeness (QED) is 0.869. The summed E-state index contributed by atoms with van der Waals surface area (Å²) >= 11 is 3.69. The van der Waals surface area contributed by atoms with Crippen LogP contribution in [0.5, 0.6) is 0 Å². The number of aromatic nitrogens is 2. The van der Waals surface area contributed by atoms with Crippen LogP contribution in [-0.2, 0) is 7.05 Å². The number of halogens is 1. The van der Waals surface area contributed by atoms with Gasteiger partial charge in [0.15, 0.2) is 0 Å². The number of rotatable bonds is 3. The summed E-state index contributed by atoms with van der Waals surface area (Å²) in [7, 11) is 1.81. The number of carbonyl (C=O) groups is 1. The molecule has 17 heavy (non-hydrogen) atoms. The zero-order valence-corrected chi connectivity index (χ0v) is 11.6. The zero-order chi connectivity index (χ0) is 12.3. The minimum Gasteiger partial charge on any atom is -0.350 e. The lowest BCUT2D eigenvalue weighted by Crippen LogP contribution is -2.34. The molecule has 4 nitrogen and oxygen atoms in total. The summed E-state index contributed by atoms with van der Waals surface area (Å²) in [6, 6.07) is 1.74. The highest BCUT2D eigenvalue weighted by Gasteiger charge is 2.23. The van der Waals surface area contributed by atoms with Crippen LogP contribution in [0, 0.1) is 5.92 Å². The molecule has 0 bridgehead atoms. The lowest BCUT2D eigenvalue weighted by Gasteiger charge is -2.27. The molecular weight excluding hydrogens is 282 g/mol. The molecule has 0 radical (unpaired) electrons. The highest BCUT2D eigenvalue weighted by molar-refractivity contribution is 9.09. The summed E-state index contributed by atoms with van der Waals surface area (Å²) in [4.78, 5) is 12.3. The van der Waals surface area contributed by atoms with E-state index in [9.17, 15) is 4.79 Å². The van der Waals surface area contributed by atoms with Crippen molar-refractivity contribution in [2.45, 2.75) is 30.5 Å². The molecule has 1 aliphatic rings. The molecular formula is C12H18BrN3O. The lowest BCUT2D eigenvalue weighted by molar-refractivity contribution is 0.0939. The van der Waals surface area contributed by atoms with Gasteiger partial charge in [-0.1, -0.05) is 28.8 Å². The first-order chi connectivity index (χ1) is 8.16. The molecule has 0 spiro atoms. The Morgan fingerprint density at radius 2 is 2.35 bits per heavy atom. The Bertz CT molecular complexity index is 391. The van der Waals surface area contributed by atoms with Gasteiger partial charge < -0.3 is 5.32 Å². The molecule has 1 aromatic heterocycles. The van der Waals surface area contributed by atoms with Crippen molar-refractivity contribution >= 4 is 21.8 Å². The molecule has 2 atom stereocenters. The zero-order valence-electron chi connectivity index (χ0n) is 10.0. The topological polar surface area (TPSA) is 46.9 Å². The van der Waals surface area contributed by atoms with Gasteiger partial charge in [0, 0.05) is 24.6 Å². The van der Waals surface area contributed by atoms with Gasteiger partial charge in [-0.05, 0) is 24.8 Å². The predicted molar refractivity (Wildman–Crippen MR) is 70.2 cm³/mol. The molecule has 0 aliphatic heterocycles. The van der Waals surface area contributed by atoms with Crippen molar-refractivity contribution in [2.75, 3.05) is 6.54 Å². The second kappa shape index (κ2) is 5.67. The van der Waals surface area contributed by atoms with Gasteiger partial charge in [-0.3, -0.25) is 9.48 Å². The minimum absolute atomic E-state index is 0.0733. The van der Waals surface area contributed by atoms with Crippen molar-refractivity contribution in [2.24, 2.45) is 13.0 Å². The largest absolute Gasteiger partial charge is 0.350 e. The molecule has 0 aromatic carbocycles. The molecule has 1 fully saturated rings. The number of carbonyl (C=O) groups excluding carboxylic acids is 1. The molecule has 2 rings (SSSR count). The summed E-state index contributed by atoms with van der Waals surface area (Å²) < 4.78 is 1.64. The standard InChI is InChI=1S/C12H18BrN3O/c1-16-7-6-11(15-16)12(17)14-8-9-4-2-3-5-10(9)13/h6-7,9-10H,2-5,8H2,1H3,(H,14,17). The van der Waals surface area contributed by atoms with Crippen LogP contribution < -0.4 is 5.32 Å². The average Bonchev–Trinajstić information content (AvgIpc) is 2.74. The maximum absolute atomic E-state index is 11.8. The van der Waals surface area contributed by atoms with E-state index < -0.39 is 0 Å². The number of amides is 1. The van der Waals surface area contributed by atoms with Crippen LogP contribution in [0.1, 0.15) is 36.2 Å². The Labute approximate surface area is 110 Å². The van der Waals surface area contributed by atoms with Crippen molar-refractivity contribution in [1.29, 1.82) is 0 Å². The van der Waals surface area contributed by atoms with Gasteiger partial charge in [-0.15, -0.1) is 0 Å². The summed E-state index contributed by atoms with van der Waals surface area (Å²) in [5.74, 6) is 0.479. The van der Waals surface area contributed by atoms with E-state index in [2.05, 4.69) is 26.3 Å². The van der Waals surface area contributed by atoms with Crippen molar-refractivity contribution in [1.82, 2.24) is 15.1 Å². The van der Waals surface area contributed by atoms with Gasteiger partial charge in [-0.25, -0.2) is 0 Å². The first-order valence-corrected chi connectivity index (χ1v) is 7.00. The maximum Gasteiger partial charge on any atom is 0.271 e. The van der Waals surface area contributed by atoms with Crippen LogP contribution >= 0.6 is 15.9 Å². The second-order valence-corrected chi connectivity index (χ2v) is 5.82. The Kier molecular flexibility index (Phi) is 4.20.